The van der Waals surface area contributed by atoms with Gasteiger partial charge in [0.2, 0.25) is 0 Å². The molecule has 0 fully saturated rings. The largest absolute Gasteiger partial charge is 0.312 e. The van der Waals surface area contributed by atoms with E-state index in [0.717, 1.165) is 29.6 Å². The number of para-hydroxylation sites is 1. The van der Waals surface area contributed by atoms with Gasteiger partial charge in [-0.15, -0.1) is 0 Å². The first-order chi connectivity index (χ1) is 10.2. The van der Waals surface area contributed by atoms with Gasteiger partial charge in [-0.3, -0.25) is 14.7 Å². The van der Waals surface area contributed by atoms with E-state index in [-0.39, 0.29) is 5.69 Å². The molecule has 0 N–H and O–H groups in total. The van der Waals surface area contributed by atoms with Gasteiger partial charge in [-0.1, -0.05) is 25.1 Å². The maximum Gasteiger partial charge on any atom is 0.312 e. The number of imidazole rings is 1. The van der Waals surface area contributed by atoms with Gasteiger partial charge in [0.05, 0.1) is 10.4 Å². The van der Waals surface area contributed by atoms with Crippen molar-refractivity contribution in [3.05, 3.63) is 58.8 Å². The first-order valence-electron chi connectivity index (χ1n) is 6.77. The highest BCUT2D eigenvalue weighted by molar-refractivity contribution is 5.91. The molecule has 1 aromatic carbocycles. The quantitative estimate of drug-likeness (QED) is 0.543. The third kappa shape index (κ3) is 2.24. The Hall–Kier alpha value is -2.76. The molecule has 0 aliphatic rings. The van der Waals surface area contributed by atoms with Crippen LogP contribution in [0, 0.1) is 10.1 Å². The topological polar surface area (TPSA) is 73.8 Å². The summed E-state index contributed by atoms with van der Waals surface area (Å²) in [6.45, 7) is 2.05. The van der Waals surface area contributed by atoms with Crippen LogP contribution in [-0.2, 0) is 6.42 Å². The van der Waals surface area contributed by atoms with E-state index in [4.69, 9.17) is 0 Å². The van der Waals surface area contributed by atoms with Crippen LogP contribution in [0.3, 0.4) is 0 Å². The van der Waals surface area contributed by atoms with Gasteiger partial charge in [-0.2, -0.15) is 0 Å². The number of aryl methyl sites for hydroxylation is 1. The van der Waals surface area contributed by atoms with Crippen molar-refractivity contribution in [3.63, 3.8) is 0 Å². The van der Waals surface area contributed by atoms with Crippen LogP contribution in [0.5, 0.6) is 0 Å². The van der Waals surface area contributed by atoms with Crippen LogP contribution in [0.1, 0.15) is 19.2 Å². The number of fused-ring (bicyclic) bond motifs is 1. The summed E-state index contributed by atoms with van der Waals surface area (Å²) < 4.78 is 1.80. The van der Waals surface area contributed by atoms with E-state index in [2.05, 4.69) is 16.9 Å². The van der Waals surface area contributed by atoms with E-state index in [1.807, 2.05) is 24.3 Å². The molecule has 6 heteroatoms. The number of hydrogen-bond donors (Lipinski definition) is 0. The van der Waals surface area contributed by atoms with E-state index in [9.17, 15) is 10.1 Å². The molecule has 0 radical (unpaired) electrons. The third-order valence-electron chi connectivity index (χ3n) is 3.36. The van der Waals surface area contributed by atoms with E-state index in [0.29, 0.717) is 5.69 Å². The molecule has 0 unspecified atom stereocenters. The maximum atomic E-state index is 11.4. The van der Waals surface area contributed by atoms with E-state index in [1.54, 1.807) is 17.0 Å². The molecule has 2 aromatic heterocycles. The first kappa shape index (κ1) is 13.2. The lowest BCUT2D eigenvalue weighted by atomic mass is 10.1. The minimum absolute atomic E-state index is 0.0101. The molecule has 3 rings (SSSR count). The van der Waals surface area contributed by atoms with Crippen molar-refractivity contribution in [2.45, 2.75) is 19.8 Å². The van der Waals surface area contributed by atoms with Crippen LogP contribution < -0.4 is 0 Å². The summed E-state index contributed by atoms with van der Waals surface area (Å²) in [5.74, 6) is 0.817. The number of benzene rings is 1. The fraction of sp³-hybridized carbons (Fsp3) is 0.200. The zero-order chi connectivity index (χ0) is 14.8. The third-order valence-corrected chi connectivity index (χ3v) is 3.36. The van der Waals surface area contributed by atoms with Crippen molar-refractivity contribution in [1.29, 1.82) is 0 Å². The fourth-order valence-electron chi connectivity index (χ4n) is 2.45. The van der Waals surface area contributed by atoms with Crippen LogP contribution in [0.4, 0.5) is 5.69 Å². The van der Waals surface area contributed by atoms with Gasteiger partial charge in [0.25, 0.3) is 0 Å². The second-order valence-corrected chi connectivity index (χ2v) is 4.73. The maximum absolute atomic E-state index is 11.4. The van der Waals surface area contributed by atoms with Crippen molar-refractivity contribution in [3.8, 4) is 5.69 Å². The molecule has 0 aliphatic carbocycles. The number of aromatic nitrogens is 3. The summed E-state index contributed by atoms with van der Waals surface area (Å²) in [4.78, 5) is 19.4. The molecular formula is C15H14N4O2. The Balaban J connectivity index is 2.35. The van der Waals surface area contributed by atoms with Crippen LogP contribution in [0.15, 0.2) is 42.9 Å². The molecular weight excluding hydrogens is 268 g/mol. The summed E-state index contributed by atoms with van der Waals surface area (Å²) in [6, 6.07) is 7.42. The van der Waals surface area contributed by atoms with E-state index >= 15 is 0 Å². The van der Waals surface area contributed by atoms with Crippen LogP contribution >= 0.6 is 0 Å². The number of nitro groups is 1. The molecule has 0 atom stereocenters. The minimum atomic E-state index is -0.398. The van der Waals surface area contributed by atoms with Crippen molar-refractivity contribution in [2.75, 3.05) is 0 Å². The summed E-state index contributed by atoms with van der Waals surface area (Å²) in [5, 5.41) is 12.1. The second-order valence-electron chi connectivity index (χ2n) is 4.73. The molecule has 0 saturated carbocycles. The van der Waals surface area contributed by atoms with E-state index in [1.165, 1.54) is 6.20 Å². The van der Waals surface area contributed by atoms with Crippen molar-refractivity contribution < 1.29 is 4.92 Å². The van der Waals surface area contributed by atoms with Gasteiger partial charge in [0, 0.05) is 24.2 Å². The Morgan fingerprint density at radius 2 is 2.10 bits per heavy atom. The monoisotopic (exact) mass is 282 g/mol. The van der Waals surface area contributed by atoms with Gasteiger partial charge >= 0.3 is 5.69 Å². The zero-order valence-electron chi connectivity index (χ0n) is 11.6. The molecule has 2 heterocycles. The standard InChI is InChI=1S/C15H14N4O2/c1-2-5-14-16-8-9-18(14)15-11-6-3-4-7-12(11)17-10-13(15)19(20)21/h3-4,6-10H,2,5H2,1H3. The number of pyridine rings is 1. The molecule has 6 nitrogen and oxygen atoms in total. The Morgan fingerprint density at radius 1 is 1.29 bits per heavy atom. The lowest BCUT2D eigenvalue weighted by Crippen LogP contribution is -2.05. The minimum Gasteiger partial charge on any atom is -0.297 e. The van der Waals surface area contributed by atoms with Gasteiger partial charge in [0.15, 0.2) is 0 Å². The molecule has 0 bridgehead atoms. The highest BCUT2D eigenvalue weighted by Gasteiger charge is 2.21. The predicted molar refractivity (Wildman–Crippen MR) is 79.5 cm³/mol. The Kier molecular flexibility index (Phi) is 3.35. The van der Waals surface area contributed by atoms with Gasteiger partial charge in [-0.05, 0) is 12.5 Å². The Morgan fingerprint density at radius 3 is 2.86 bits per heavy atom. The summed E-state index contributed by atoms with van der Waals surface area (Å²) in [7, 11) is 0. The molecule has 106 valence electrons. The molecule has 0 spiro atoms. The zero-order valence-corrected chi connectivity index (χ0v) is 11.6. The average molecular weight is 282 g/mol. The number of rotatable bonds is 4. The molecule has 3 aromatic rings. The van der Waals surface area contributed by atoms with Crippen molar-refractivity contribution in [2.24, 2.45) is 0 Å². The fourth-order valence-corrected chi connectivity index (χ4v) is 2.45. The lowest BCUT2D eigenvalue weighted by Gasteiger charge is -2.10. The summed E-state index contributed by atoms with van der Waals surface area (Å²) in [6.07, 6.45) is 6.44. The normalized spacial score (nSPS) is 10.9. The number of nitrogens with zero attached hydrogens (tertiary/aromatic N) is 4. The van der Waals surface area contributed by atoms with E-state index < -0.39 is 4.92 Å². The Bertz CT molecular complexity index is 810. The molecule has 0 aliphatic heterocycles. The van der Waals surface area contributed by atoms with Crippen LogP contribution in [-0.4, -0.2) is 19.5 Å². The Labute approximate surface area is 121 Å². The average Bonchev–Trinajstić information content (AvgIpc) is 2.94. The smallest absolute Gasteiger partial charge is 0.297 e. The molecule has 0 amide bonds. The summed E-state index contributed by atoms with van der Waals surface area (Å²) in [5.41, 5.74) is 1.25. The van der Waals surface area contributed by atoms with Crippen LogP contribution in [0.25, 0.3) is 16.6 Å². The van der Waals surface area contributed by atoms with Crippen molar-refractivity contribution in [1.82, 2.24) is 14.5 Å². The van der Waals surface area contributed by atoms with Crippen molar-refractivity contribution >= 4 is 16.6 Å². The van der Waals surface area contributed by atoms with Gasteiger partial charge < -0.3 is 0 Å². The highest BCUT2D eigenvalue weighted by Crippen LogP contribution is 2.30. The predicted octanol–water partition coefficient (Wildman–Crippen LogP) is 3.28. The van der Waals surface area contributed by atoms with Gasteiger partial charge in [0.1, 0.15) is 17.7 Å². The van der Waals surface area contributed by atoms with Crippen LogP contribution in [0.2, 0.25) is 0 Å². The number of hydrogen-bond acceptors (Lipinski definition) is 4. The SMILES string of the molecule is CCCc1nccn1-c1c([N+](=O)[O-])cnc2ccccc12. The first-order valence-corrected chi connectivity index (χ1v) is 6.77. The van der Waals surface area contributed by atoms with Gasteiger partial charge in [-0.25, -0.2) is 9.97 Å². The molecule has 21 heavy (non-hydrogen) atoms. The lowest BCUT2D eigenvalue weighted by molar-refractivity contribution is -0.384. The summed E-state index contributed by atoms with van der Waals surface area (Å²) >= 11 is 0. The molecule has 0 saturated heterocycles. The second kappa shape index (κ2) is 5.32. The highest BCUT2D eigenvalue weighted by atomic mass is 16.6.